The smallest absolute Gasteiger partial charge is 0.332 e. The molecule has 0 saturated carbocycles. The number of aliphatic carboxylic acids is 1. The molecule has 2 atom stereocenters. The SMILES string of the molecule is O=C(O)[C@@H]1N=CO[C@@H]1c1ccccc1. The van der Waals surface area contributed by atoms with Crippen LogP contribution in [0.15, 0.2) is 35.3 Å². The average molecular weight is 191 g/mol. The highest BCUT2D eigenvalue weighted by molar-refractivity contribution is 5.78. The van der Waals surface area contributed by atoms with Gasteiger partial charge in [0.25, 0.3) is 0 Å². The molecular weight excluding hydrogens is 182 g/mol. The summed E-state index contributed by atoms with van der Waals surface area (Å²) in [5.41, 5.74) is 0.831. The van der Waals surface area contributed by atoms with Crippen molar-refractivity contribution in [2.24, 2.45) is 4.99 Å². The first-order valence-corrected chi connectivity index (χ1v) is 4.24. The summed E-state index contributed by atoms with van der Waals surface area (Å²) in [6, 6.07) is 8.39. The van der Waals surface area contributed by atoms with Crippen LogP contribution in [0.4, 0.5) is 0 Å². The maximum Gasteiger partial charge on any atom is 0.332 e. The minimum absolute atomic E-state index is 0.492. The third kappa shape index (κ3) is 1.46. The van der Waals surface area contributed by atoms with E-state index in [-0.39, 0.29) is 0 Å². The number of carbonyl (C=O) groups is 1. The molecule has 2 rings (SSSR count). The van der Waals surface area contributed by atoms with Crippen LogP contribution >= 0.6 is 0 Å². The fourth-order valence-corrected chi connectivity index (χ4v) is 1.42. The van der Waals surface area contributed by atoms with Gasteiger partial charge >= 0.3 is 5.97 Å². The fourth-order valence-electron chi connectivity index (χ4n) is 1.42. The van der Waals surface area contributed by atoms with Crippen LogP contribution in [-0.2, 0) is 9.53 Å². The summed E-state index contributed by atoms with van der Waals surface area (Å²) in [7, 11) is 0. The molecule has 4 nitrogen and oxygen atoms in total. The standard InChI is InChI=1S/C10H9NO3/c12-10(13)8-9(14-6-11-8)7-4-2-1-3-5-7/h1-6,8-9H,(H,12,13)/t8-,9-/m1/s1. The normalized spacial score (nSPS) is 24.6. The predicted molar refractivity (Wildman–Crippen MR) is 50.2 cm³/mol. The zero-order valence-corrected chi connectivity index (χ0v) is 7.33. The fraction of sp³-hybridized carbons (Fsp3) is 0.200. The molecule has 0 amide bonds. The van der Waals surface area contributed by atoms with Crippen molar-refractivity contribution in [2.45, 2.75) is 12.1 Å². The summed E-state index contributed by atoms with van der Waals surface area (Å²) in [4.78, 5) is 14.5. The summed E-state index contributed by atoms with van der Waals surface area (Å²) in [5, 5.41) is 8.85. The first-order chi connectivity index (χ1) is 6.79. The molecule has 1 aromatic carbocycles. The molecule has 1 aromatic rings. The highest BCUT2D eigenvalue weighted by Gasteiger charge is 2.33. The summed E-state index contributed by atoms with van der Waals surface area (Å²) < 4.78 is 5.14. The van der Waals surface area contributed by atoms with Crippen molar-refractivity contribution in [3.05, 3.63) is 35.9 Å². The Bertz CT molecular complexity index is 361. The Balaban J connectivity index is 2.24. The molecule has 72 valence electrons. The molecule has 1 N–H and O–H groups in total. The number of carboxylic acid groups (broad SMARTS) is 1. The van der Waals surface area contributed by atoms with E-state index in [0.717, 1.165) is 5.56 Å². The lowest BCUT2D eigenvalue weighted by molar-refractivity contribution is -0.140. The molecule has 1 aliphatic rings. The number of benzene rings is 1. The highest BCUT2D eigenvalue weighted by atomic mass is 16.5. The van der Waals surface area contributed by atoms with Crippen molar-refractivity contribution in [2.75, 3.05) is 0 Å². The zero-order chi connectivity index (χ0) is 9.97. The number of rotatable bonds is 2. The summed E-state index contributed by atoms with van der Waals surface area (Å²) in [5.74, 6) is -0.965. The maximum atomic E-state index is 10.8. The van der Waals surface area contributed by atoms with Crippen LogP contribution in [0.5, 0.6) is 0 Å². The van der Waals surface area contributed by atoms with E-state index in [2.05, 4.69) is 4.99 Å². The van der Waals surface area contributed by atoms with Crippen molar-refractivity contribution in [1.82, 2.24) is 0 Å². The van der Waals surface area contributed by atoms with E-state index >= 15 is 0 Å². The van der Waals surface area contributed by atoms with Gasteiger partial charge in [0.1, 0.15) is 0 Å². The van der Waals surface area contributed by atoms with Crippen molar-refractivity contribution in [3.8, 4) is 0 Å². The molecule has 14 heavy (non-hydrogen) atoms. The number of hydrogen-bond donors (Lipinski definition) is 1. The Kier molecular flexibility index (Phi) is 2.18. The van der Waals surface area contributed by atoms with E-state index in [9.17, 15) is 4.79 Å². The minimum atomic E-state index is -0.965. The Morgan fingerprint density at radius 3 is 2.71 bits per heavy atom. The van der Waals surface area contributed by atoms with E-state index in [1.807, 2.05) is 30.3 Å². The summed E-state index contributed by atoms with van der Waals surface area (Å²) in [6.45, 7) is 0. The molecule has 0 unspecified atom stereocenters. The average Bonchev–Trinajstić information content (AvgIpc) is 2.67. The Labute approximate surface area is 80.8 Å². The van der Waals surface area contributed by atoms with E-state index in [4.69, 9.17) is 9.84 Å². The first-order valence-electron chi connectivity index (χ1n) is 4.24. The quantitative estimate of drug-likeness (QED) is 0.765. The second-order valence-corrected chi connectivity index (χ2v) is 3.00. The molecule has 0 fully saturated rings. The van der Waals surface area contributed by atoms with Crippen molar-refractivity contribution in [1.29, 1.82) is 0 Å². The molecule has 0 spiro atoms. The lowest BCUT2D eigenvalue weighted by atomic mass is 10.0. The van der Waals surface area contributed by atoms with Gasteiger partial charge in [0.05, 0.1) is 0 Å². The summed E-state index contributed by atoms with van der Waals surface area (Å²) >= 11 is 0. The van der Waals surface area contributed by atoms with Gasteiger partial charge < -0.3 is 9.84 Å². The lowest BCUT2D eigenvalue weighted by Gasteiger charge is -2.13. The van der Waals surface area contributed by atoms with Crippen molar-refractivity contribution < 1.29 is 14.6 Å². The van der Waals surface area contributed by atoms with Gasteiger partial charge in [-0.3, -0.25) is 0 Å². The highest BCUT2D eigenvalue weighted by Crippen LogP contribution is 2.26. The van der Waals surface area contributed by atoms with Gasteiger partial charge in [0, 0.05) is 0 Å². The number of carboxylic acids is 1. The van der Waals surface area contributed by atoms with Crippen molar-refractivity contribution >= 4 is 12.4 Å². The monoisotopic (exact) mass is 191 g/mol. The first kappa shape index (κ1) is 8.74. The molecule has 0 aromatic heterocycles. The number of aliphatic imine (C=N–C) groups is 1. The topological polar surface area (TPSA) is 58.9 Å². The van der Waals surface area contributed by atoms with E-state index in [1.165, 1.54) is 6.40 Å². The lowest BCUT2D eigenvalue weighted by Crippen LogP contribution is -2.23. The Morgan fingerprint density at radius 1 is 1.36 bits per heavy atom. The largest absolute Gasteiger partial charge is 0.480 e. The Morgan fingerprint density at radius 2 is 2.07 bits per heavy atom. The van der Waals surface area contributed by atoms with Crippen LogP contribution < -0.4 is 0 Å². The molecule has 0 radical (unpaired) electrons. The number of ether oxygens (including phenoxy) is 1. The molecule has 4 heteroatoms. The van der Waals surface area contributed by atoms with Gasteiger partial charge in [-0.25, -0.2) is 9.79 Å². The van der Waals surface area contributed by atoms with Crippen LogP contribution in [0.1, 0.15) is 11.7 Å². The third-order valence-corrected chi connectivity index (χ3v) is 2.10. The molecule has 0 bridgehead atoms. The molecule has 1 heterocycles. The Hall–Kier alpha value is -1.84. The van der Waals surface area contributed by atoms with Crippen LogP contribution in [0.3, 0.4) is 0 Å². The van der Waals surface area contributed by atoms with E-state index < -0.39 is 18.1 Å². The zero-order valence-electron chi connectivity index (χ0n) is 7.33. The molecule has 1 aliphatic heterocycles. The van der Waals surface area contributed by atoms with Gasteiger partial charge in [0.15, 0.2) is 18.5 Å². The summed E-state index contributed by atoms with van der Waals surface area (Å²) in [6.07, 6.45) is 0.713. The van der Waals surface area contributed by atoms with Crippen LogP contribution in [0.2, 0.25) is 0 Å². The maximum absolute atomic E-state index is 10.8. The van der Waals surface area contributed by atoms with Gasteiger partial charge in [-0.1, -0.05) is 30.3 Å². The second-order valence-electron chi connectivity index (χ2n) is 3.00. The van der Waals surface area contributed by atoms with Crippen LogP contribution in [0, 0.1) is 0 Å². The van der Waals surface area contributed by atoms with Gasteiger partial charge in [-0.2, -0.15) is 0 Å². The van der Waals surface area contributed by atoms with Crippen molar-refractivity contribution in [3.63, 3.8) is 0 Å². The van der Waals surface area contributed by atoms with E-state index in [1.54, 1.807) is 0 Å². The molecule has 0 saturated heterocycles. The van der Waals surface area contributed by atoms with E-state index in [0.29, 0.717) is 0 Å². The van der Waals surface area contributed by atoms with Crippen LogP contribution in [0.25, 0.3) is 0 Å². The second kappa shape index (κ2) is 3.49. The van der Waals surface area contributed by atoms with Gasteiger partial charge in [0.2, 0.25) is 0 Å². The number of hydrogen-bond acceptors (Lipinski definition) is 3. The predicted octanol–water partition coefficient (Wildman–Crippen LogP) is 1.24. The number of nitrogens with zero attached hydrogens (tertiary/aromatic N) is 1. The van der Waals surface area contributed by atoms with Crippen LogP contribution in [-0.4, -0.2) is 23.5 Å². The van der Waals surface area contributed by atoms with Gasteiger partial charge in [-0.15, -0.1) is 0 Å². The molecule has 0 aliphatic carbocycles. The third-order valence-electron chi connectivity index (χ3n) is 2.10. The minimum Gasteiger partial charge on any atom is -0.480 e. The molecular formula is C10H9NO3. The van der Waals surface area contributed by atoms with Gasteiger partial charge in [-0.05, 0) is 5.56 Å².